The maximum absolute atomic E-state index is 14.1. The average Bonchev–Trinajstić information content (AvgIpc) is 3.21. The fraction of sp³-hybridized carbons (Fsp3) is 0.179. The number of hydrogen-bond donors (Lipinski definition) is 0. The van der Waals surface area contributed by atoms with Crippen molar-refractivity contribution in [1.82, 2.24) is 4.57 Å². The summed E-state index contributed by atoms with van der Waals surface area (Å²) in [6.07, 6.45) is 0. The van der Waals surface area contributed by atoms with E-state index in [1.54, 1.807) is 31.2 Å². The Balaban J connectivity index is 1.77. The van der Waals surface area contributed by atoms with Crippen LogP contribution in [-0.4, -0.2) is 17.1 Å². The predicted octanol–water partition coefficient (Wildman–Crippen LogP) is 7.45. The lowest BCUT2D eigenvalue weighted by atomic mass is 10.1. The molecule has 4 nitrogen and oxygen atoms in total. The van der Waals surface area contributed by atoms with Gasteiger partial charge >= 0.3 is 5.97 Å². The molecule has 4 rings (SSSR count). The van der Waals surface area contributed by atoms with Crippen LogP contribution in [0.3, 0.4) is 0 Å². The zero-order valence-electron chi connectivity index (χ0n) is 19.6. The monoisotopic (exact) mass is 495 g/mol. The van der Waals surface area contributed by atoms with Crippen LogP contribution in [0.25, 0.3) is 16.9 Å². The van der Waals surface area contributed by atoms with Gasteiger partial charge in [-0.15, -0.1) is 0 Å². The molecule has 0 saturated heterocycles. The minimum Gasteiger partial charge on any atom is -0.488 e. The van der Waals surface area contributed by atoms with Crippen LogP contribution in [0.15, 0.2) is 66.7 Å². The number of carbonyl (C=O) groups is 1. The van der Waals surface area contributed by atoms with Gasteiger partial charge in [0.25, 0.3) is 0 Å². The fourth-order valence-corrected chi connectivity index (χ4v) is 4.09. The first kappa shape index (κ1) is 24.5. The maximum Gasteiger partial charge on any atom is 0.338 e. The van der Waals surface area contributed by atoms with E-state index in [4.69, 9.17) is 21.1 Å². The standard InChI is InChI=1S/C28H24ClF2NO3/c1-4-34-28(33)21-15-20(11-8-17(21)2)32-18(3)9-12-26(32)22-14-19(29)10-13-27(22)35-16-23-24(30)6-5-7-25(23)31/h5-15H,4,16H2,1-3H3. The second kappa shape index (κ2) is 10.3. The smallest absolute Gasteiger partial charge is 0.338 e. The van der Waals surface area contributed by atoms with E-state index >= 15 is 0 Å². The van der Waals surface area contributed by atoms with Crippen LogP contribution >= 0.6 is 11.6 Å². The summed E-state index contributed by atoms with van der Waals surface area (Å²) in [5.74, 6) is -1.33. The molecule has 0 radical (unpaired) electrons. The average molecular weight is 496 g/mol. The minimum absolute atomic E-state index is 0.155. The SMILES string of the molecule is CCOC(=O)c1cc(-n2c(C)ccc2-c2cc(Cl)ccc2OCc2c(F)cccc2F)ccc1C. The Bertz CT molecular complexity index is 1380. The highest BCUT2D eigenvalue weighted by atomic mass is 35.5. The molecule has 4 aromatic rings. The highest BCUT2D eigenvalue weighted by Crippen LogP contribution is 2.36. The van der Waals surface area contributed by atoms with E-state index in [-0.39, 0.29) is 18.8 Å². The summed E-state index contributed by atoms with van der Waals surface area (Å²) in [5, 5.41) is 0.478. The van der Waals surface area contributed by atoms with Crippen molar-refractivity contribution in [3.8, 4) is 22.7 Å². The van der Waals surface area contributed by atoms with Gasteiger partial charge in [-0.05, 0) is 80.9 Å². The van der Waals surface area contributed by atoms with Crippen molar-refractivity contribution in [1.29, 1.82) is 0 Å². The van der Waals surface area contributed by atoms with Gasteiger partial charge in [-0.2, -0.15) is 0 Å². The molecule has 0 bridgehead atoms. The molecule has 0 fully saturated rings. The summed E-state index contributed by atoms with van der Waals surface area (Å²) in [4.78, 5) is 12.5. The van der Waals surface area contributed by atoms with Crippen LogP contribution in [0.1, 0.15) is 34.1 Å². The van der Waals surface area contributed by atoms with Crippen LogP contribution in [0, 0.1) is 25.5 Å². The van der Waals surface area contributed by atoms with Gasteiger partial charge in [-0.25, -0.2) is 13.6 Å². The number of carbonyl (C=O) groups excluding carboxylic acids is 1. The predicted molar refractivity (Wildman–Crippen MR) is 132 cm³/mol. The molecule has 3 aromatic carbocycles. The third kappa shape index (κ3) is 5.08. The van der Waals surface area contributed by atoms with E-state index in [1.165, 1.54) is 18.2 Å². The van der Waals surface area contributed by atoms with Crippen LogP contribution < -0.4 is 4.74 Å². The summed E-state index contributed by atoms with van der Waals surface area (Å²) in [5.41, 5.74) is 4.16. The summed E-state index contributed by atoms with van der Waals surface area (Å²) in [7, 11) is 0. The second-order valence-electron chi connectivity index (χ2n) is 8.04. The van der Waals surface area contributed by atoms with Gasteiger partial charge in [0, 0.05) is 22.0 Å². The van der Waals surface area contributed by atoms with Crippen molar-refractivity contribution in [2.45, 2.75) is 27.4 Å². The van der Waals surface area contributed by atoms with E-state index in [0.29, 0.717) is 21.9 Å². The molecule has 1 aromatic heterocycles. The van der Waals surface area contributed by atoms with Crippen molar-refractivity contribution in [3.63, 3.8) is 0 Å². The number of hydrogen-bond acceptors (Lipinski definition) is 3. The maximum atomic E-state index is 14.1. The summed E-state index contributed by atoms with van der Waals surface area (Å²) >= 11 is 6.32. The molecule has 1 heterocycles. The molecular formula is C28H24ClF2NO3. The van der Waals surface area contributed by atoms with Gasteiger partial charge in [0.15, 0.2) is 0 Å². The molecule has 0 spiro atoms. The molecule has 0 N–H and O–H groups in total. The zero-order valence-corrected chi connectivity index (χ0v) is 20.3. The van der Waals surface area contributed by atoms with Crippen LogP contribution in [-0.2, 0) is 11.3 Å². The number of aromatic nitrogens is 1. The van der Waals surface area contributed by atoms with Crippen molar-refractivity contribution in [2.24, 2.45) is 0 Å². The van der Waals surface area contributed by atoms with Gasteiger partial charge in [0.1, 0.15) is 24.0 Å². The fourth-order valence-electron chi connectivity index (χ4n) is 3.92. The normalized spacial score (nSPS) is 10.9. The van der Waals surface area contributed by atoms with Crippen LogP contribution in [0.2, 0.25) is 5.02 Å². The molecule has 0 unspecified atom stereocenters. The molecule has 0 aliphatic rings. The Hall–Kier alpha value is -3.64. The van der Waals surface area contributed by atoms with E-state index in [9.17, 15) is 13.6 Å². The Kier molecular flexibility index (Phi) is 7.22. The Morgan fingerprint density at radius 1 is 0.971 bits per heavy atom. The van der Waals surface area contributed by atoms with Gasteiger partial charge in [0.2, 0.25) is 0 Å². The third-order valence-corrected chi connectivity index (χ3v) is 5.94. The summed E-state index contributed by atoms with van der Waals surface area (Å²) in [6, 6.07) is 18.1. The highest BCUT2D eigenvalue weighted by Gasteiger charge is 2.18. The largest absolute Gasteiger partial charge is 0.488 e. The van der Waals surface area contributed by atoms with Crippen molar-refractivity contribution < 1.29 is 23.0 Å². The van der Waals surface area contributed by atoms with Gasteiger partial charge in [-0.1, -0.05) is 23.7 Å². The van der Waals surface area contributed by atoms with Crippen molar-refractivity contribution in [2.75, 3.05) is 6.61 Å². The molecule has 180 valence electrons. The molecule has 7 heteroatoms. The van der Waals surface area contributed by atoms with Gasteiger partial charge in [-0.3, -0.25) is 0 Å². The summed E-state index contributed by atoms with van der Waals surface area (Å²) < 4.78 is 41.3. The molecule has 0 aliphatic heterocycles. The van der Waals surface area contributed by atoms with Crippen molar-refractivity contribution in [3.05, 3.63) is 106 Å². The number of aryl methyl sites for hydroxylation is 2. The second-order valence-corrected chi connectivity index (χ2v) is 8.48. The van der Waals surface area contributed by atoms with E-state index < -0.39 is 17.6 Å². The number of rotatable bonds is 7. The quantitative estimate of drug-likeness (QED) is 0.250. The topological polar surface area (TPSA) is 40.5 Å². The highest BCUT2D eigenvalue weighted by molar-refractivity contribution is 6.31. The number of nitrogens with zero attached hydrogens (tertiary/aromatic N) is 1. The first-order valence-corrected chi connectivity index (χ1v) is 11.5. The number of esters is 1. The lowest BCUT2D eigenvalue weighted by molar-refractivity contribution is 0.0525. The lowest BCUT2D eigenvalue weighted by Gasteiger charge is -2.17. The third-order valence-electron chi connectivity index (χ3n) is 5.70. The van der Waals surface area contributed by atoms with Crippen LogP contribution in [0.4, 0.5) is 8.78 Å². The summed E-state index contributed by atoms with van der Waals surface area (Å²) in [6.45, 7) is 5.54. The van der Waals surface area contributed by atoms with Gasteiger partial charge < -0.3 is 14.0 Å². The van der Waals surface area contributed by atoms with Crippen molar-refractivity contribution >= 4 is 17.6 Å². The number of ether oxygens (including phenoxy) is 2. The number of halogens is 3. The van der Waals surface area contributed by atoms with Crippen LogP contribution in [0.5, 0.6) is 5.75 Å². The molecule has 0 aliphatic carbocycles. The number of benzene rings is 3. The zero-order chi connectivity index (χ0) is 25.1. The first-order valence-electron chi connectivity index (χ1n) is 11.1. The lowest BCUT2D eigenvalue weighted by Crippen LogP contribution is -2.09. The minimum atomic E-state index is -0.675. The molecule has 0 atom stereocenters. The molecule has 0 saturated carbocycles. The van der Waals surface area contributed by atoms with E-state index in [0.717, 1.165) is 22.6 Å². The molecular weight excluding hydrogens is 472 g/mol. The molecule has 35 heavy (non-hydrogen) atoms. The Morgan fingerprint density at radius 3 is 2.43 bits per heavy atom. The molecule has 0 amide bonds. The van der Waals surface area contributed by atoms with E-state index in [2.05, 4.69) is 0 Å². The first-order chi connectivity index (χ1) is 16.8. The van der Waals surface area contributed by atoms with E-state index in [1.807, 2.05) is 42.7 Å². The van der Waals surface area contributed by atoms with Gasteiger partial charge in [0.05, 0.1) is 23.4 Å². The Labute approximate surface area is 207 Å². The Morgan fingerprint density at radius 2 is 1.71 bits per heavy atom.